The molecule has 0 aromatic heterocycles. The van der Waals surface area contributed by atoms with Gasteiger partial charge in [0, 0.05) is 12.2 Å². The van der Waals surface area contributed by atoms with E-state index in [4.69, 9.17) is 5.11 Å². The summed E-state index contributed by atoms with van der Waals surface area (Å²) in [5.74, 6) is -0.0907. The Morgan fingerprint density at radius 2 is 1.60 bits per heavy atom. The fraction of sp³-hybridized carbons (Fsp3) is 0.200. The van der Waals surface area contributed by atoms with Crippen LogP contribution >= 0.6 is 0 Å². The highest BCUT2D eigenvalue weighted by Crippen LogP contribution is 2.28. The maximum absolute atomic E-state index is 11.9. The molecule has 0 radical (unpaired) electrons. The van der Waals surface area contributed by atoms with Gasteiger partial charge in [0.25, 0.3) is 0 Å². The summed E-state index contributed by atoms with van der Waals surface area (Å²) in [5, 5.41) is 8.74. The van der Waals surface area contributed by atoms with Crippen LogP contribution < -0.4 is 4.72 Å². The van der Waals surface area contributed by atoms with Gasteiger partial charge in [-0.05, 0) is 18.1 Å². The Kier molecular flexibility index (Phi) is 4.76. The normalized spacial score (nSPS) is 11.2. The zero-order valence-corrected chi connectivity index (χ0v) is 11.8. The van der Waals surface area contributed by atoms with E-state index in [2.05, 4.69) is 4.72 Å². The summed E-state index contributed by atoms with van der Waals surface area (Å²) in [4.78, 5) is 0. The van der Waals surface area contributed by atoms with Crippen LogP contribution in [0.25, 0.3) is 11.1 Å². The lowest BCUT2D eigenvalue weighted by Gasteiger charge is -2.12. The molecular formula is C15H17NO3S. The molecule has 0 fully saturated rings. The first kappa shape index (κ1) is 14.6. The minimum absolute atomic E-state index is 0.0907. The summed E-state index contributed by atoms with van der Waals surface area (Å²) >= 11 is 0. The van der Waals surface area contributed by atoms with Crippen molar-refractivity contribution in [1.82, 2.24) is 0 Å². The minimum Gasteiger partial charge on any atom is -0.396 e. The molecular weight excluding hydrogens is 274 g/mol. The van der Waals surface area contributed by atoms with Crippen molar-refractivity contribution in [2.75, 3.05) is 17.1 Å². The van der Waals surface area contributed by atoms with E-state index in [9.17, 15) is 8.42 Å². The first-order valence-corrected chi connectivity index (χ1v) is 8.03. The standard InChI is InChI=1S/C15H17NO3S/c17-11-6-12-20(18,19)16-15-10-5-4-9-14(15)13-7-2-1-3-8-13/h1-5,7-10,16-17H,6,11-12H2. The summed E-state index contributed by atoms with van der Waals surface area (Å²) in [5.41, 5.74) is 2.34. The van der Waals surface area contributed by atoms with Gasteiger partial charge in [0.05, 0.1) is 11.4 Å². The lowest BCUT2D eigenvalue weighted by atomic mass is 10.0. The third kappa shape index (κ3) is 3.82. The van der Waals surface area contributed by atoms with Gasteiger partial charge in [-0.15, -0.1) is 0 Å². The van der Waals surface area contributed by atoms with Gasteiger partial charge in [-0.3, -0.25) is 4.72 Å². The number of rotatable bonds is 6. The number of sulfonamides is 1. The van der Waals surface area contributed by atoms with Crippen molar-refractivity contribution in [2.45, 2.75) is 6.42 Å². The van der Waals surface area contributed by atoms with Crippen LogP contribution in [0.4, 0.5) is 5.69 Å². The number of hydrogen-bond acceptors (Lipinski definition) is 3. The minimum atomic E-state index is -3.44. The Morgan fingerprint density at radius 1 is 0.950 bits per heavy atom. The molecule has 0 saturated carbocycles. The van der Waals surface area contributed by atoms with Crippen molar-refractivity contribution >= 4 is 15.7 Å². The molecule has 0 saturated heterocycles. The zero-order valence-electron chi connectivity index (χ0n) is 11.0. The van der Waals surface area contributed by atoms with Crippen molar-refractivity contribution < 1.29 is 13.5 Å². The van der Waals surface area contributed by atoms with E-state index >= 15 is 0 Å². The summed E-state index contributed by atoms with van der Waals surface area (Å²) in [6.45, 7) is -0.138. The molecule has 2 N–H and O–H groups in total. The summed E-state index contributed by atoms with van der Waals surface area (Å²) in [7, 11) is -3.44. The SMILES string of the molecule is O=S(=O)(CCCO)Nc1ccccc1-c1ccccc1. The van der Waals surface area contributed by atoms with Crippen LogP contribution in [0.15, 0.2) is 54.6 Å². The third-order valence-corrected chi connectivity index (χ3v) is 4.21. The van der Waals surface area contributed by atoms with Crippen molar-refractivity contribution in [3.63, 3.8) is 0 Å². The number of aliphatic hydroxyl groups is 1. The molecule has 0 amide bonds. The van der Waals surface area contributed by atoms with Gasteiger partial charge in [0.15, 0.2) is 0 Å². The molecule has 106 valence electrons. The largest absolute Gasteiger partial charge is 0.396 e. The lowest BCUT2D eigenvalue weighted by molar-refractivity contribution is 0.295. The number of benzene rings is 2. The highest BCUT2D eigenvalue weighted by atomic mass is 32.2. The van der Waals surface area contributed by atoms with Gasteiger partial charge in [-0.25, -0.2) is 8.42 Å². The van der Waals surface area contributed by atoms with E-state index in [1.807, 2.05) is 42.5 Å². The molecule has 2 aromatic rings. The van der Waals surface area contributed by atoms with Crippen molar-refractivity contribution in [1.29, 1.82) is 0 Å². The predicted molar refractivity (Wildman–Crippen MR) is 81.0 cm³/mol. The van der Waals surface area contributed by atoms with Gasteiger partial charge >= 0.3 is 0 Å². The maximum Gasteiger partial charge on any atom is 0.232 e. The van der Waals surface area contributed by atoms with E-state index < -0.39 is 10.0 Å². The van der Waals surface area contributed by atoms with Crippen molar-refractivity contribution in [3.8, 4) is 11.1 Å². The number of aliphatic hydroxyl groups excluding tert-OH is 1. The number of anilines is 1. The van der Waals surface area contributed by atoms with E-state index in [0.717, 1.165) is 11.1 Å². The second-order valence-corrected chi connectivity index (χ2v) is 6.25. The molecule has 2 rings (SSSR count). The summed E-state index contributed by atoms with van der Waals surface area (Å²) in [6.07, 6.45) is 0.225. The molecule has 0 aliphatic rings. The van der Waals surface area contributed by atoms with E-state index in [-0.39, 0.29) is 18.8 Å². The molecule has 0 atom stereocenters. The third-order valence-electron chi connectivity index (χ3n) is 2.85. The summed E-state index contributed by atoms with van der Waals surface area (Å²) in [6, 6.07) is 16.9. The van der Waals surface area contributed by atoms with Gasteiger partial charge in [-0.2, -0.15) is 0 Å². The number of nitrogens with one attached hydrogen (secondary N) is 1. The highest BCUT2D eigenvalue weighted by Gasteiger charge is 2.12. The first-order valence-electron chi connectivity index (χ1n) is 6.38. The molecule has 0 unspecified atom stereocenters. The second kappa shape index (κ2) is 6.54. The lowest BCUT2D eigenvalue weighted by Crippen LogP contribution is -2.17. The number of hydrogen-bond donors (Lipinski definition) is 2. The highest BCUT2D eigenvalue weighted by molar-refractivity contribution is 7.92. The Morgan fingerprint density at radius 3 is 2.30 bits per heavy atom. The van der Waals surface area contributed by atoms with Crippen molar-refractivity contribution in [2.24, 2.45) is 0 Å². The quantitative estimate of drug-likeness (QED) is 0.859. The van der Waals surface area contributed by atoms with Gasteiger partial charge in [0.2, 0.25) is 10.0 Å². The Balaban J connectivity index is 2.30. The second-order valence-electron chi connectivity index (χ2n) is 4.41. The smallest absolute Gasteiger partial charge is 0.232 e. The molecule has 0 bridgehead atoms. The molecule has 20 heavy (non-hydrogen) atoms. The molecule has 5 heteroatoms. The zero-order chi connectivity index (χ0) is 14.4. The van der Waals surface area contributed by atoms with Crippen LogP contribution in [0.1, 0.15) is 6.42 Å². The average molecular weight is 291 g/mol. The Hall–Kier alpha value is -1.85. The fourth-order valence-corrected chi connectivity index (χ4v) is 3.04. The molecule has 0 aliphatic carbocycles. The molecule has 4 nitrogen and oxygen atoms in total. The van der Waals surface area contributed by atoms with Gasteiger partial charge in [0.1, 0.15) is 0 Å². The number of para-hydroxylation sites is 1. The monoisotopic (exact) mass is 291 g/mol. The van der Waals surface area contributed by atoms with Crippen LogP contribution in [-0.4, -0.2) is 25.9 Å². The molecule has 2 aromatic carbocycles. The summed E-state index contributed by atoms with van der Waals surface area (Å²) < 4.78 is 26.4. The van der Waals surface area contributed by atoms with E-state index in [1.54, 1.807) is 12.1 Å². The van der Waals surface area contributed by atoms with Crippen LogP contribution in [0.5, 0.6) is 0 Å². The van der Waals surface area contributed by atoms with Crippen LogP contribution in [0.2, 0.25) is 0 Å². The van der Waals surface area contributed by atoms with Crippen molar-refractivity contribution in [3.05, 3.63) is 54.6 Å². The van der Waals surface area contributed by atoms with Crippen LogP contribution in [0, 0.1) is 0 Å². The van der Waals surface area contributed by atoms with Gasteiger partial charge < -0.3 is 5.11 Å². The van der Waals surface area contributed by atoms with Crippen LogP contribution in [0.3, 0.4) is 0 Å². The fourth-order valence-electron chi connectivity index (χ4n) is 1.91. The molecule has 0 heterocycles. The van der Waals surface area contributed by atoms with Gasteiger partial charge in [-0.1, -0.05) is 48.5 Å². The average Bonchev–Trinajstić information content (AvgIpc) is 2.46. The molecule has 0 aliphatic heterocycles. The van der Waals surface area contributed by atoms with Crippen LogP contribution in [-0.2, 0) is 10.0 Å². The van der Waals surface area contributed by atoms with E-state index in [0.29, 0.717) is 5.69 Å². The topological polar surface area (TPSA) is 66.4 Å². The maximum atomic E-state index is 11.9. The van der Waals surface area contributed by atoms with E-state index in [1.165, 1.54) is 0 Å². The Labute approximate surface area is 119 Å². The first-order chi connectivity index (χ1) is 9.62. The molecule has 0 spiro atoms. The predicted octanol–water partition coefficient (Wildman–Crippen LogP) is 2.48. The Bertz CT molecular complexity index is 654.